The number of hydrogen-bond donors (Lipinski definition) is 2. The minimum absolute atomic E-state index is 0. The number of esters is 2. The number of urea groups is 1. The van der Waals surface area contributed by atoms with E-state index >= 15 is 4.39 Å². The van der Waals surface area contributed by atoms with Crippen molar-refractivity contribution in [1.29, 1.82) is 0 Å². The third-order valence-corrected chi connectivity index (χ3v) is 8.74. The third kappa shape index (κ3) is 9.79. The van der Waals surface area contributed by atoms with Crippen molar-refractivity contribution in [2.75, 3.05) is 49.7 Å². The van der Waals surface area contributed by atoms with Gasteiger partial charge in [-0.2, -0.15) is 5.10 Å². The molecule has 292 valence electrons. The van der Waals surface area contributed by atoms with Crippen LogP contribution < -0.4 is 15.4 Å². The number of β-amino-alcohol motifs (C(OH)–C–C–N with tert-alkyl or cyclic N) is 1. The number of aliphatic hydroxyl groups is 1. The summed E-state index contributed by atoms with van der Waals surface area (Å²) < 4.78 is 40.0. The molecule has 18 heteroatoms. The van der Waals surface area contributed by atoms with Crippen LogP contribution in [0.4, 0.5) is 25.0 Å². The quantitative estimate of drug-likeness (QED) is 0.300. The highest BCUT2D eigenvalue weighted by molar-refractivity contribution is 5.94. The van der Waals surface area contributed by atoms with Gasteiger partial charge in [-0.3, -0.25) is 29.5 Å². The number of carbonyl (C=O) groups is 3. The Morgan fingerprint density at radius 2 is 1.51 bits per heavy atom. The van der Waals surface area contributed by atoms with Crippen molar-refractivity contribution < 1.29 is 37.7 Å². The predicted molar refractivity (Wildman–Crippen MR) is 199 cm³/mol. The monoisotopic (exact) mass is 784 g/mol. The molecule has 0 radical (unpaired) electrons. The van der Waals surface area contributed by atoms with Crippen LogP contribution in [0.15, 0.2) is 60.0 Å². The molecule has 3 aliphatic heterocycles. The van der Waals surface area contributed by atoms with Crippen LogP contribution in [0.1, 0.15) is 54.0 Å². The number of hydrazine groups is 2. The Kier molecular flexibility index (Phi) is 13.6. The van der Waals surface area contributed by atoms with Gasteiger partial charge in [0, 0.05) is 42.8 Å². The second-order valence-corrected chi connectivity index (χ2v) is 14.9. The number of benzene rings is 2. The van der Waals surface area contributed by atoms with Crippen LogP contribution in [-0.4, -0.2) is 95.0 Å². The number of carbonyl (C=O) groups excluding carboxylic acids is 3. The van der Waals surface area contributed by atoms with E-state index in [1.54, 1.807) is 92.8 Å². The highest BCUT2D eigenvalue weighted by Crippen LogP contribution is 2.35. The van der Waals surface area contributed by atoms with E-state index in [1.165, 1.54) is 22.3 Å². The zero-order valence-electron chi connectivity index (χ0n) is 30.8. The molecule has 2 aromatic rings. The first-order valence-corrected chi connectivity index (χ1v) is 16.6. The van der Waals surface area contributed by atoms with E-state index in [4.69, 9.17) is 9.47 Å². The number of anilines is 2. The van der Waals surface area contributed by atoms with Gasteiger partial charge >= 0.3 is 18.0 Å². The number of hydrogen-bond acceptors (Lipinski definition) is 12. The van der Waals surface area contributed by atoms with Gasteiger partial charge in [0.25, 0.3) is 0 Å². The zero-order valence-corrected chi connectivity index (χ0v) is 32.4. The fourth-order valence-corrected chi connectivity index (χ4v) is 5.63. The normalized spacial score (nSPS) is 17.5. The van der Waals surface area contributed by atoms with E-state index in [-0.39, 0.29) is 69.6 Å². The van der Waals surface area contributed by atoms with E-state index in [0.29, 0.717) is 18.3 Å². The lowest BCUT2D eigenvalue weighted by Gasteiger charge is -2.41. The largest absolute Gasteiger partial charge is 0.444 e. The average Bonchev–Trinajstić information content (AvgIpc) is 3.81. The van der Waals surface area contributed by atoms with Crippen LogP contribution in [0.5, 0.6) is 0 Å². The molecule has 0 saturated carbocycles. The Morgan fingerprint density at radius 3 is 2.11 bits per heavy atom. The van der Waals surface area contributed by atoms with E-state index in [0.717, 1.165) is 11.8 Å². The summed E-state index contributed by atoms with van der Waals surface area (Å²) in [4.78, 5) is 42.9. The molecular formula is C35H48Cl2F2N8O6. The van der Waals surface area contributed by atoms with Crippen molar-refractivity contribution in [2.45, 2.75) is 60.1 Å². The minimum Gasteiger partial charge on any atom is -0.444 e. The molecule has 3 heterocycles. The van der Waals surface area contributed by atoms with Crippen molar-refractivity contribution in [3.8, 4) is 0 Å². The molecule has 1 saturated heterocycles. The summed E-state index contributed by atoms with van der Waals surface area (Å²) in [6, 6.07) is 8.75. The van der Waals surface area contributed by atoms with E-state index in [1.807, 2.05) is 12.1 Å². The average molecular weight is 786 g/mol. The standard InChI is InChI=1S/C35H46F2N8O6.2ClH/c1-24(35(49,28-13-8-25(36)18-29(28)37)19-42-21-40(20-38-42)22-50-30(46)33(2,3)4)43-15-16-44(32(43)48)26-9-11-27(12-10-26)45-17-14-41(39-45)23-51-31(47)34(5,6)7;;/h8-14,17-18,20,24,39,49H,15-16,19,21-23H2,1-7H3;2*1H/t24-,35-;;/m1../s1. The summed E-state index contributed by atoms with van der Waals surface area (Å²) in [6.07, 6.45) is 4.94. The second kappa shape index (κ2) is 16.7. The molecule has 0 spiro atoms. The van der Waals surface area contributed by atoms with Crippen LogP contribution in [-0.2, 0) is 24.7 Å². The number of nitrogens with zero attached hydrogens (tertiary/aromatic N) is 7. The Balaban J connectivity index is 0.00000378. The Morgan fingerprint density at radius 1 is 0.906 bits per heavy atom. The minimum atomic E-state index is -2.02. The maximum Gasteiger partial charge on any atom is 0.324 e. The summed E-state index contributed by atoms with van der Waals surface area (Å²) in [5.41, 5.74) is 0.932. The Labute approximate surface area is 320 Å². The summed E-state index contributed by atoms with van der Waals surface area (Å²) in [6.45, 7) is 12.5. The number of nitrogens with one attached hydrogen (secondary N) is 1. The number of amides is 2. The molecule has 0 aliphatic carbocycles. The van der Waals surface area contributed by atoms with Gasteiger partial charge in [-0.1, -0.05) is 6.07 Å². The molecule has 14 nitrogen and oxygen atoms in total. The lowest BCUT2D eigenvalue weighted by Crippen LogP contribution is -2.55. The van der Waals surface area contributed by atoms with Crippen LogP contribution in [0.2, 0.25) is 0 Å². The highest BCUT2D eigenvalue weighted by atomic mass is 35.5. The van der Waals surface area contributed by atoms with Crippen molar-refractivity contribution in [1.82, 2.24) is 25.4 Å². The van der Waals surface area contributed by atoms with Gasteiger partial charge in [0.15, 0.2) is 13.5 Å². The zero-order chi connectivity index (χ0) is 37.3. The van der Waals surface area contributed by atoms with Crippen LogP contribution >= 0.6 is 24.8 Å². The molecule has 2 aromatic carbocycles. The predicted octanol–water partition coefficient (Wildman–Crippen LogP) is 4.95. The molecule has 2 amide bonds. The molecule has 3 aliphatic rings. The number of ether oxygens (including phenoxy) is 2. The summed E-state index contributed by atoms with van der Waals surface area (Å²) in [7, 11) is 0. The molecule has 0 aromatic heterocycles. The van der Waals surface area contributed by atoms with Gasteiger partial charge in [0.2, 0.25) is 0 Å². The topological polar surface area (TPSA) is 134 Å². The third-order valence-electron chi connectivity index (χ3n) is 8.74. The maximum atomic E-state index is 15.3. The fourth-order valence-electron chi connectivity index (χ4n) is 5.63. The fraction of sp³-hybridized carbons (Fsp3) is 0.486. The molecule has 0 bridgehead atoms. The highest BCUT2D eigenvalue weighted by Gasteiger charge is 2.47. The van der Waals surface area contributed by atoms with Gasteiger partial charge in [-0.15, -0.1) is 30.3 Å². The van der Waals surface area contributed by atoms with E-state index in [9.17, 15) is 23.9 Å². The molecule has 53 heavy (non-hydrogen) atoms. The van der Waals surface area contributed by atoms with Gasteiger partial charge in [-0.05, 0) is 78.8 Å². The van der Waals surface area contributed by atoms with Gasteiger partial charge in [-0.25, -0.2) is 13.6 Å². The summed E-state index contributed by atoms with van der Waals surface area (Å²) >= 11 is 0. The Bertz CT molecular complexity index is 1690. The molecule has 2 N–H and O–H groups in total. The van der Waals surface area contributed by atoms with Crippen molar-refractivity contribution in [3.05, 3.63) is 72.1 Å². The molecule has 5 rings (SSSR count). The first-order chi connectivity index (χ1) is 23.9. The smallest absolute Gasteiger partial charge is 0.324 e. The lowest BCUT2D eigenvalue weighted by atomic mass is 9.85. The summed E-state index contributed by atoms with van der Waals surface area (Å²) in [5, 5.41) is 21.4. The van der Waals surface area contributed by atoms with Gasteiger partial charge in [0.05, 0.1) is 29.1 Å². The second-order valence-electron chi connectivity index (χ2n) is 14.9. The first kappa shape index (κ1) is 43.0. The lowest BCUT2D eigenvalue weighted by molar-refractivity contribution is -0.158. The van der Waals surface area contributed by atoms with Crippen LogP contribution in [0.3, 0.4) is 0 Å². The molecule has 0 unspecified atom stereocenters. The van der Waals surface area contributed by atoms with Crippen molar-refractivity contribution in [3.63, 3.8) is 0 Å². The number of halogens is 4. The van der Waals surface area contributed by atoms with Crippen molar-refractivity contribution in [2.24, 2.45) is 15.9 Å². The number of hydrazone groups is 1. The SMILES string of the molecule is C[C@@H](N1CCN(c2ccc(N3C=CN(COC(=O)C(C)(C)C)N3)cc2)C1=O)[C@](O)(CN1CN(COC(=O)C(C)(C)C)C=N1)c1ccc(F)cc1F.Cl.Cl. The Hall–Kier alpha value is -4.38. The number of rotatable bonds is 11. The first-order valence-electron chi connectivity index (χ1n) is 16.6. The maximum absolute atomic E-state index is 15.3. The van der Waals surface area contributed by atoms with E-state index in [2.05, 4.69) is 10.6 Å². The van der Waals surface area contributed by atoms with Gasteiger partial charge in [0.1, 0.15) is 30.2 Å². The van der Waals surface area contributed by atoms with Gasteiger partial charge < -0.3 is 24.4 Å². The molecule has 2 atom stereocenters. The van der Waals surface area contributed by atoms with E-state index < -0.39 is 46.1 Å². The van der Waals surface area contributed by atoms with Crippen molar-refractivity contribution >= 4 is 60.5 Å². The molecule has 1 fully saturated rings. The summed E-state index contributed by atoms with van der Waals surface area (Å²) in [5.74, 6) is -2.49. The molecular weight excluding hydrogens is 737 g/mol. The van der Waals surface area contributed by atoms with Crippen LogP contribution in [0, 0.1) is 22.5 Å². The van der Waals surface area contributed by atoms with Crippen LogP contribution in [0.25, 0.3) is 0 Å².